The molecule has 0 heterocycles. The van der Waals surface area contributed by atoms with Crippen molar-refractivity contribution in [1.29, 1.82) is 0 Å². The van der Waals surface area contributed by atoms with Crippen molar-refractivity contribution in [1.82, 2.24) is 0 Å². The van der Waals surface area contributed by atoms with E-state index in [9.17, 15) is 18.0 Å². The molecule has 2 aromatic carbocycles. The minimum absolute atomic E-state index is 0.0139. The number of hydrogen-bond acceptors (Lipinski definition) is 2. The SMILES string of the molecule is CCC(=O)c1cccc(OCc2ccc(C(F)(F)F)cc2)c1. The van der Waals surface area contributed by atoms with Crippen LogP contribution < -0.4 is 4.74 Å². The van der Waals surface area contributed by atoms with Gasteiger partial charge in [-0.1, -0.05) is 31.2 Å². The van der Waals surface area contributed by atoms with E-state index in [4.69, 9.17) is 4.74 Å². The third-order valence-electron chi connectivity index (χ3n) is 3.16. The van der Waals surface area contributed by atoms with Gasteiger partial charge in [-0.3, -0.25) is 4.79 Å². The van der Waals surface area contributed by atoms with Gasteiger partial charge in [0.2, 0.25) is 0 Å². The molecule has 22 heavy (non-hydrogen) atoms. The highest BCUT2D eigenvalue weighted by Crippen LogP contribution is 2.29. The number of Topliss-reactive ketones (excluding diaryl/α,β-unsaturated/α-hetero) is 1. The van der Waals surface area contributed by atoms with Gasteiger partial charge in [0.15, 0.2) is 5.78 Å². The lowest BCUT2D eigenvalue weighted by Crippen LogP contribution is -2.05. The Balaban J connectivity index is 2.03. The molecule has 0 atom stereocenters. The number of alkyl halides is 3. The number of halogens is 3. The molecule has 0 N–H and O–H groups in total. The van der Waals surface area contributed by atoms with E-state index in [1.54, 1.807) is 31.2 Å². The fourth-order valence-electron chi connectivity index (χ4n) is 1.92. The fourth-order valence-corrected chi connectivity index (χ4v) is 1.92. The maximum Gasteiger partial charge on any atom is 0.416 e. The summed E-state index contributed by atoms with van der Waals surface area (Å²) in [5.74, 6) is 0.527. The molecule has 0 aliphatic rings. The summed E-state index contributed by atoms with van der Waals surface area (Å²) in [4.78, 5) is 11.6. The Labute approximate surface area is 126 Å². The lowest BCUT2D eigenvalue weighted by atomic mass is 10.1. The number of ether oxygens (including phenoxy) is 1. The Morgan fingerprint density at radius 2 is 1.77 bits per heavy atom. The molecule has 0 amide bonds. The number of hydrogen-bond donors (Lipinski definition) is 0. The minimum Gasteiger partial charge on any atom is -0.489 e. The third-order valence-corrected chi connectivity index (χ3v) is 3.16. The molecular weight excluding hydrogens is 293 g/mol. The summed E-state index contributed by atoms with van der Waals surface area (Å²) < 4.78 is 42.9. The summed E-state index contributed by atoms with van der Waals surface area (Å²) in [5, 5.41) is 0. The fraction of sp³-hybridized carbons (Fsp3) is 0.235. The number of carbonyl (C=O) groups is 1. The molecule has 0 aromatic heterocycles. The van der Waals surface area contributed by atoms with Crippen molar-refractivity contribution in [3.8, 4) is 5.75 Å². The van der Waals surface area contributed by atoms with E-state index in [0.717, 1.165) is 12.1 Å². The lowest BCUT2D eigenvalue weighted by Gasteiger charge is -2.09. The molecule has 2 rings (SSSR count). The van der Waals surface area contributed by atoms with Gasteiger partial charge in [-0.05, 0) is 29.8 Å². The molecule has 0 aliphatic carbocycles. The summed E-state index contributed by atoms with van der Waals surface area (Å²) in [6.45, 7) is 1.92. The summed E-state index contributed by atoms with van der Waals surface area (Å²) >= 11 is 0. The first-order valence-corrected chi connectivity index (χ1v) is 6.82. The van der Waals surface area contributed by atoms with Crippen LogP contribution in [0.4, 0.5) is 13.2 Å². The minimum atomic E-state index is -4.34. The van der Waals surface area contributed by atoms with Crippen LogP contribution in [0.3, 0.4) is 0 Å². The molecular formula is C17H15F3O2. The molecule has 0 spiro atoms. The van der Waals surface area contributed by atoms with Gasteiger partial charge in [0.25, 0.3) is 0 Å². The average molecular weight is 308 g/mol. The van der Waals surface area contributed by atoms with Crippen molar-refractivity contribution in [3.63, 3.8) is 0 Å². The van der Waals surface area contributed by atoms with Crippen molar-refractivity contribution in [2.24, 2.45) is 0 Å². The zero-order valence-electron chi connectivity index (χ0n) is 12.0. The van der Waals surface area contributed by atoms with Gasteiger partial charge < -0.3 is 4.74 Å². The van der Waals surface area contributed by atoms with Crippen LogP contribution in [0.25, 0.3) is 0 Å². The van der Waals surface area contributed by atoms with E-state index >= 15 is 0 Å². The second kappa shape index (κ2) is 6.64. The van der Waals surface area contributed by atoms with Gasteiger partial charge in [-0.15, -0.1) is 0 Å². The Bertz CT molecular complexity index is 646. The highest BCUT2D eigenvalue weighted by atomic mass is 19.4. The quantitative estimate of drug-likeness (QED) is 0.736. The summed E-state index contributed by atoms with van der Waals surface area (Å²) in [7, 11) is 0. The Kier molecular flexibility index (Phi) is 4.85. The van der Waals surface area contributed by atoms with E-state index in [2.05, 4.69) is 0 Å². The first-order valence-electron chi connectivity index (χ1n) is 6.82. The van der Waals surface area contributed by atoms with Crippen molar-refractivity contribution in [2.45, 2.75) is 26.1 Å². The molecule has 0 saturated heterocycles. The van der Waals surface area contributed by atoms with Crippen molar-refractivity contribution >= 4 is 5.78 Å². The van der Waals surface area contributed by atoms with E-state index < -0.39 is 11.7 Å². The normalized spacial score (nSPS) is 11.3. The Morgan fingerprint density at radius 3 is 2.36 bits per heavy atom. The van der Waals surface area contributed by atoms with Crippen molar-refractivity contribution in [3.05, 3.63) is 65.2 Å². The van der Waals surface area contributed by atoms with E-state index in [-0.39, 0.29) is 12.4 Å². The van der Waals surface area contributed by atoms with Gasteiger partial charge in [-0.25, -0.2) is 0 Å². The maximum atomic E-state index is 12.5. The van der Waals surface area contributed by atoms with Gasteiger partial charge in [-0.2, -0.15) is 13.2 Å². The van der Waals surface area contributed by atoms with Crippen LogP contribution in [0.2, 0.25) is 0 Å². The van der Waals surface area contributed by atoms with Crippen LogP contribution >= 0.6 is 0 Å². The Morgan fingerprint density at radius 1 is 1.09 bits per heavy atom. The van der Waals surface area contributed by atoms with E-state index in [0.29, 0.717) is 23.3 Å². The van der Waals surface area contributed by atoms with Crippen LogP contribution in [-0.4, -0.2) is 5.78 Å². The lowest BCUT2D eigenvalue weighted by molar-refractivity contribution is -0.137. The monoisotopic (exact) mass is 308 g/mol. The van der Waals surface area contributed by atoms with E-state index in [1.807, 2.05) is 0 Å². The number of carbonyl (C=O) groups excluding carboxylic acids is 1. The molecule has 2 aromatic rings. The van der Waals surface area contributed by atoms with Crippen molar-refractivity contribution in [2.75, 3.05) is 0 Å². The maximum absolute atomic E-state index is 12.5. The van der Waals surface area contributed by atoms with E-state index in [1.165, 1.54) is 12.1 Å². The largest absolute Gasteiger partial charge is 0.489 e. The van der Waals surface area contributed by atoms with Crippen molar-refractivity contribution < 1.29 is 22.7 Å². The van der Waals surface area contributed by atoms with Crippen LogP contribution in [0, 0.1) is 0 Å². The van der Waals surface area contributed by atoms with Gasteiger partial charge in [0.05, 0.1) is 5.56 Å². The predicted molar refractivity (Wildman–Crippen MR) is 76.8 cm³/mol. The standard InChI is InChI=1S/C17H15F3O2/c1-2-16(21)13-4-3-5-15(10-13)22-11-12-6-8-14(9-7-12)17(18,19)20/h3-10H,2,11H2,1H3. The van der Waals surface area contributed by atoms with Crippen LogP contribution in [0.5, 0.6) is 5.75 Å². The highest BCUT2D eigenvalue weighted by molar-refractivity contribution is 5.96. The highest BCUT2D eigenvalue weighted by Gasteiger charge is 2.29. The van der Waals surface area contributed by atoms with Gasteiger partial charge in [0.1, 0.15) is 12.4 Å². The second-order valence-corrected chi connectivity index (χ2v) is 4.79. The number of rotatable bonds is 5. The average Bonchev–Trinajstić information content (AvgIpc) is 2.52. The molecule has 0 saturated carbocycles. The molecule has 116 valence electrons. The smallest absolute Gasteiger partial charge is 0.416 e. The molecule has 5 heteroatoms. The molecule has 0 aliphatic heterocycles. The predicted octanol–water partition coefficient (Wildman–Crippen LogP) is 4.88. The molecule has 0 bridgehead atoms. The van der Waals surface area contributed by atoms with Gasteiger partial charge in [0, 0.05) is 12.0 Å². The number of ketones is 1. The summed E-state index contributed by atoms with van der Waals surface area (Å²) in [5.41, 5.74) is 0.499. The van der Waals surface area contributed by atoms with Gasteiger partial charge >= 0.3 is 6.18 Å². The zero-order chi connectivity index (χ0) is 16.2. The van der Waals surface area contributed by atoms with Crippen LogP contribution in [0.15, 0.2) is 48.5 Å². The molecule has 0 radical (unpaired) electrons. The topological polar surface area (TPSA) is 26.3 Å². The summed E-state index contributed by atoms with van der Waals surface area (Å²) in [6.07, 6.45) is -3.93. The zero-order valence-corrected chi connectivity index (χ0v) is 12.0. The Hall–Kier alpha value is -2.30. The first-order chi connectivity index (χ1) is 10.4. The van der Waals surface area contributed by atoms with Crippen LogP contribution in [-0.2, 0) is 12.8 Å². The first kappa shape index (κ1) is 16.1. The second-order valence-electron chi connectivity index (χ2n) is 4.79. The molecule has 0 unspecified atom stereocenters. The molecule has 0 fully saturated rings. The molecule has 2 nitrogen and oxygen atoms in total. The number of benzene rings is 2. The third kappa shape index (κ3) is 4.10. The summed E-state index contributed by atoms with van der Waals surface area (Å²) in [6, 6.07) is 11.6. The van der Waals surface area contributed by atoms with Crippen LogP contribution in [0.1, 0.15) is 34.8 Å².